The lowest BCUT2D eigenvalue weighted by Gasteiger charge is -2.14. The van der Waals surface area contributed by atoms with Crippen molar-refractivity contribution in [1.82, 2.24) is 0 Å². The number of nitrogens with zero attached hydrogens (tertiary/aromatic N) is 2. The Morgan fingerprint density at radius 3 is 2.83 bits per heavy atom. The van der Waals surface area contributed by atoms with E-state index < -0.39 is 0 Å². The fraction of sp³-hybridized carbons (Fsp3) is 0.800. The van der Waals surface area contributed by atoms with E-state index in [4.69, 9.17) is 0 Å². The smallest absolute Gasteiger partial charge is 0.0670 e. The van der Waals surface area contributed by atoms with Crippen LogP contribution in [-0.4, -0.2) is 24.0 Å². The highest BCUT2D eigenvalue weighted by molar-refractivity contribution is 6.41. The van der Waals surface area contributed by atoms with E-state index in [0.29, 0.717) is 6.04 Å². The molecule has 2 heteroatoms. The Bertz CT molecular complexity index is 204. The van der Waals surface area contributed by atoms with Gasteiger partial charge in [0.1, 0.15) is 0 Å². The summed E-state index contributed by atoms with van der Waals surface area (Å²) in [6.45, 7) is 7.28. The third-order valence-electron chi connectivity index (χ3n) is 2.15. The van der Waals surface area contributed by atoms with Crippen LogP contribution in [0.5, 0.6) is 0 Å². The molecule has 0 saturated heterocycles. The molecule has 0 aromatic carbocycles. The molecular weight excluding hydrogens is 148 g/mol. The first-order chi connectivity index (χ1) is 5.74. The highest BCUT2D eigenvalue weighted by atomic mass is 14.9. The lowest BCUT2D eigenvalue weighted by atomic mass is 10.1. The fourth-order valence-electron chi connectivity index (χ4n) is 1.41. The van der Waals surface area contributed by atoms with Gasteiger partial charge in [0.05, 0.1) is 24.0 Å². The molecule has 1 atom stereocenters. The average Bonchev–Trinajstić information content (AvgIpc) is 2.03. The maximum atomic E-state index is 4.51. The Hall–Kier alpha value is -0.660. The molecule has 1 heterocycles. The highest BCUT2D eigenvalue weighted by Crippen LogP contribution is 2.06. The Kier molecular flexibility index (Phi) is 3.45. The van der Waals surface area contributed by atoms with Crippen LogP contribution in [0.1, 0.15) is 40.0 Å². The topological polar surface area (TPSA) is 24.7 Å². The summed E-state index contributed by atoms with van der Waals surface area (Å²) in [6, 6.07) is 0.398. The molecule has 1 rings (SSSR count). The summed E-state index contributed by atoms with van der Waals surface area (Å²) in [5, 5.41) is 0. The van der Waals surface area contributed by atoms with Crippen LogP contribution in [0.4, 0.5) is 0 Å². The quantitative estimate of drug-likeness (QED) is 0.615. The van der Waals surface area contributed by atoms with Crippen molar-refractivity contribution >= 4 is 11.4 Å². The molecule has 0 aromatic rings. The molecule has 0 radical (unpaired) electrons. The molecule has 68 valence electrons. The number of rotatable bonds is 3. The highest BCUT2D eigenvalue weighted by Gasteiger charge is 2.10. The van der Waals surface area contributed by atoms with Gasteiger partial charge in [-0.05, 0) is 26.7 Å². The molecule has 12 heavy (non-hydrogen) atoms. The molecule has 0 aliphatic carbocycles. The minimum Gasteiger partial charge on any atom is -0.286 e. The van der Waals surface area contributed by atoms with Crippen LogP contribution in [-0.2, 0) is 0 Å². The van der Waals surface area contributed by atoms with Crippen LogP contribution < -0.4 is 0 Å². The second-order valence-corrected chi connectivity index (χ2v) is 3.45. The molecule has 0 spiro atoms. The predicted octanol–water partition coefficient (Wildman–Crippen LogP) is 2.48. The molecule has 1 aliphatic heterocycles. The van der Waals surface area contributed by atoms with Gasteiger partial charge in [0, 0.05) is 0 Å². The van der Waals surface area contributed by atoms with Gasteiger partial charge in [-0.2, -0.15) is 0 Å². The summed E-state index contributed by atoms with van der Waals surface area (Å²) in [5.74, 6) is 0. The van der Waals surface area contributed by atoms with Crippen molar-refractivity contribution in [1.29, 1.82) is 0 Å². The largest absolute Gasteiger partial charge is 0.286 e. The fourth-order valence-corrected chi connectivity index (χ4v) is 1.41. The van der Waals surface area contributed by atoms with Crippen molar-refractivity contribution in [2.24, 2.45) is 9.98 Å². The van der Waals surface area contributed by atoms with E-state index in [1.807, 2.05) is 0 Å². The lowest BCUT2D eigenvalue weighted by Crippen LogP contribution is -2.21. The average molecular weight is 166 g/mol. The maximum absolute atomic E-state index is 4.51. The molecule has 0 fully saturated rings. The Morgan fingerprint density at radius 1 is 1.50 bits per heavy atom. The van der Waals surface area contributed by atoms with Gasteiger partial charge in [-0.25, -0.2) is 0 Å². The van der Waals surface area contributed by atoms with Gasteiger partial charge < -0.3 is 0 Å². The molecule has 0 aromatic heterocycles. The van der Waals surface area contributed by atoms with Gasteiger partial charge in [-0.15, -0.1) is 0 Å². The Morgan fingerprint density at radius 2 is 2.25 bits per heavy atom. The molecule has 1 aliphatic rings. The van der Waals surface area contributed by atoms with Gasteiger partial charge in [-0.3, -0.25) is 9.98 Å². The van der Waals surface area contributed by atoms with E-state index in [2.05, 4.69) is 30.8 Å². The summed E-state index contributed by atoms with van der Waals surface area (Å²) >= 11 is 0. The number of unbranched alkanes of at least 4 members (excludes halogenated alkanes) is 1. The summed E-state index contributed by atoms with van der Waals surface area (Å²) in [6.07, 6.45) is 3.58. The van der Waals surface area contributed by atoms with Crippen LogP contribution in [0, 0.1) is 0 Å². The third kappa shape index (κ3) is 2.43. The van der Waals surface area contributed by atoms with Crippen LogP contribution >= 0.6 is 0 Å². The minimum absolute atomic E-state index is 0.398. The maximum Gasteiger partial charge on any atom is 0.0670 e. The van der Waals surface area contributed by atoms with Crippen molar-refractivity contribution in [3.63, 3.8) is 0 Å². The van der Waals surface area contributed by atoms with Crippen LogP contribution in [0.25, 0.3) is 0 Å². The first kappa shape index (κ1) is 9.43. The summed E-state index contributed by atoms with van der Waals surface area (Å²) in [5.41, 5.74) is 2.39. The van der Waals surface area contributed by atoms with Gasteiger partial charge in [0.25, 0.3) is 0 Å². The van der Waals surface area contributed by atoms with Crippen molar-refractivity contribution in [2.75, 3.05) is 6.54 Å². The molecule has 2 nitrogen and oxygen atoms in total. The standard InChI is InChI=1S/C10H18N2/c1-4-5-6-10-9(3)12-8(2)7-11-10/h8H,4-7H2,1-3H3. The molecular formula is C10H18N2. The van der Waals surface area contributed by atoms with E-state index in [1.165, 1.54) is 18.6 Å². The van der Waals surface area contributed by atoms with E-state index in [0.717, 1.165) is 18.7 Å². The molecule has 1 unspecified atom stereocenters. The summed E-state index contributed by atoms with van der Waals surface area (Å²) < 4.78 is 0. The normalized spacial score (nSPS) is 23.4. The second-order valence-electron chi connectivity index (χ2n) is 3.45. The zero-order valence-corrected chi connectivity index (χ0v) is 8.30. The van der Waals surface area contributed by atoms with Gasteiger partial charge in [-0.1, -0.05) is 13.3 Å². The van der Waals surface area contributed by atoms with Crippen LogP contribution in [0.2, 0.25) is 0 Å². The Labute approximate surface area is 74.8 Å². The molecule has 0 amide bonds. The first-order valence-electron chi connectivity index (χ1n) is 4.82. The van der Waals surface area contributed by atoms with Gasteiger partial charge in [0.2, 0.25) is 0 Å². The zero-order valence-electron chi connectivity index (χ0n) is 8.30. The minimum atomic E-state index is 0.398. The van der Waals surface area contributed by atoms with Crippen molar-refractivity contribution < 1.29 is 0 Å². The SMILES string of the molecule is CCCCC1=NCC(C)N=C1C. The van der Waals surface area contributed by atoms with Crippen molar-refractivity contribution in [3.8, 4) is 0 Å². The first-order valence-corrected chi connectivity index (χ1v) is 4.82. The van der Waals surface area contributed by atoms with Crippen LogP contribution in [0.3, 0.4) is 0 Å². The third-order valence-corrected chi connectivity index (χ3v) is 2.15. The Balaban J connectivity index is 2.49. The van der Waals surface area contributed by atoms with Gasteiger partial charge in [0.15, 0.2) is 0 Å². The summed E-state index contributed by atoms with van der Waals surface area (Å²) in [7, 11) is 0. The van der Waals surface area contributed by atoms with E-state index in [-0.39, 0.29) is 0 Å². The van der Waals surface area contributed by atoms with Crippen LogP contribution in [0.15, 0.2) is 9.98 Å². The van der Waals surface area contributed by atoms with Crippen molar-refractivity contribution in [3.05, 3.63) is 0 Å². The number of hydrogen-bond acceptors (Lipinski definition) is 2. The number of aliphatic imine (C=N–C) groups is 2. The second kappa shape index (κ2) is 4.39. The summed E-state index contributed by atoms with van der Waals surface area (Å²) in [4.78, 5) is 9.02. The van der Waals surface area contributed by atoms with Crippen molar-refractivity contribution in [2.45, 2.75) is 46.1 Å². The monoisotopic (exact) mass is 166 g/mol. The molecule has 0 saturated carbocycles. The molecule has 0 N–H and O–H groups in total. The lowest BCUT2D eigenvalue weighted by molar-refractivity contribution is 0.738. The van der Waals surface area contributed by atoms with E-state index >= 15 is 0 Å². The van der Waals surface area contributed by atoms with E-state index in [9.17, 15) is 0 Å². The predicted molar refractivity (Wildman–Crippen MR) is 54.4 cm³/mol. The van der Waals surface area contributed by atoms with Gasteiger partial charge >= 0.3 is 0 Å². The zero-order chi connectivity index (χ0) is 8.97. The molecule has 0 bridgehead atoms. The number of hydrogen-bond donors (Lipinski definition) is 0. The van der Waals surface area contributed by atoms with E-state index in [1.54, 1.807) is 0 Å².